The smallest absolute Gasteiger partial charge is 0.0690 e. The molecule has 3 heteroatoms. The topological polar surface area (TPSA) is 41.6 Å². The Labute approximate surface area is 132 Å². The predicted molar refractivity (Wildman–Crippen MR) is 92.4 cm³/mol. The van der Waals surface area contributed by atoms with Crippen molar-refractivity contribution in [1.82, 2.24) is 15.4 Å². The van der Waals surface area contributed by atoms with Crippen LogP contribution in [0.3, 0.4) is 0 Å². The molecule has 0 saturated carbocycles. The van der Waals surface area contributed by atoms with Crippen LogP contribution in [0.2, 0.25) is 0 Å². The zero-order valence-corrected chi connectivity index (χ0v) is 14.4. The molecule has 0 aliphatic rings. The quantitative estimate of drug-likeness (QED) is 0.434. The van der Waals surface area contributed by atoms with Crippen molar-refractivity contribution in [3.63, 3.8) is 0 Å². The fourth-order valence-electron chi connectivity index (χ4n) is 2.43. The van der Waals surface area contributed by atoms with Crippen molar-refractivity contribution in [1.29, 1.82) is 0 Å². The molecule has 0 aromatic carbocycles. The van der Waals surface area contributed by atoms with Crippen LogP contribution in [0.15, 0.2) is 12.4 Å². The van der Waals surface area contributed by atoms with Gasteiger partial charge in [-0.3, -0.25) is 5.10 Å². The van der Waals surface area contributed by atoms with Gasteiger partial charge in [-0.2, -0.15) is 0 Å². The fourth-order valence-corrected chi connectivity index (χ4v) is 2.43. The molecule has 1 rings (SSSR count). The molecule has 0 bridgehead atoms. The van der Waals surface area contributed by atoms with Crippen LogP contribution in [0.25, 0.3) is 0 Å². The van der Waals surface area contributed by atoms with Gasteiger partial charge in [0.2, 0.25) is 0 Å². The second kappa shape index (κ2) is 19.1. The van der Waals surface area contributed by atoms with Crippen LogP contribution in [0.5, 0.6) is 0 Å². The summed E-state index contributed by atoms with van der Waals surface area (Å²) in [5.74, 6) is 0. The number of nitrogens with one attached hydrogen (secondary N) is 1. The number of nitrogens with zero attached hydrogens (tertiary/aromatic N) is 2. The Morgan fingerprint density at radius 3 is 1.19 bits per heavy atom. The Hall–Kier alpha value is -0.860. The lowest BCUT2D eigenvalue weighted by molar-refractivity contribution is 0.538. The van der Waals surface area contributed by atoms with Gasteiger partial charge in [0.25, 0.3) is 0 Å². The number of rotatable bonds is 13. The molecule has 3 nitrogen and oxygen atoms in total. The third kappa shape index (κ3) is 19.1. The summed E-state index contributed by atoms with van der Waals surface area (Å²) in [4.78, 5) is 0. The third-order valence-electron chi connectivity index (χ3n) is 3.79. The Balaban J connectivity index is 0.000000662. The van der Waals surface area contributed by atoms with E-state index in [1.807, 2.05) is 0 Å². The minimum absolute atomic E-state index is 1.37. The average molecular weight is 296 g/mol. The Kier molecular flexibility index (Phi) is 18.4. The first-order valence-corrected chi connectivity index (χ1v) is 9.22. The van der Waals surface area contributed by atoms with E-state index in [4.69, 9.17) is 0 Å². The van der Waals surface area contributed by atoms with E-state index in [0.29, 0.717) is 0 Å². The van der Waals surface area contributed by atoms with E-state index in [1.54, 1.807) is 12.4 Å². The zero-order valence-electron chi connectivity index (χ0n) is 14.4. The van der Waals surface area contributed by atoms with E-state index in [9.17, 15) is 0 Å². The van der Waals surface area contributed by atoms with Gasteiger partial charge >= 0.3 is 0 Å². The molecule has 0 atom stereocenters. The van der Waals surface area contributed by atoms with Crippen molar-refractivity contribution in [2.75, 3.05) is 0 Å². The van der Waals surface area contributed by atoms with Crippen molar-refractivity contribution in [2.24, 2.45) is 0 Å². The highest BCUT2D eigenvalue weighted by molar-refractivity contribution is 4.55. The van der Waals surface area contributed by atoms with Gasteiger partial charge in [-0.1, -0.05) is 109 Å². The summed E-state index contributed by atoms with van der Waals surface area (Å²) in [6.45, 7) is 4.58. The molecule has 0 aliphatic heterocycles. The molecular weight excluding hydrogens is 258 g/mol. The van der Waals surface area contributed by atoms with Crippen LogP contribution in [0.4, 0.5) is 0 Å². The summed E-state index contributed by atoms with van der Waals surface area (Å²) in [5.41, 5.74) is 0. The lowest BCUT2D eigenvalue weighted by atomic mass is 10.0. The van der Waals surface area contributed by atoms with Crippen molar-refractivity contribution < 1.29 is 0 Å². The maximum atomic E-state index is 3.42. The standard InChI is InChI=1S/C16H34.C2H3N3/c1-3-5-7-9-11-13-15-16-14-12-10-8-6-4-2;1-2-4-5-3-1/h3-16H2,1-2H3;1-2H,(H,3,4,5). The molecule has 21 heavy (non-hydrogen) atoms. The van der Waals surface area contributed by atoms with Crippen molar-refractivity contribution in [3.05, 3.63) is 12.4 Å². The van der Waals surface area contributed by atoms with E-state index < -0.39 is 0 Å². The monoisotopic (exact) mass is 295 g/mol. The molecule has 0 spiro atoms. The van der Waals surface area contributed by atoms with Gasteiger partial charge in [0, 0.05) is 6.20 Å². The van der Waals surface area contributed by atoms with Crippen LogP contribution in [-0.4, -0.2) is 15.4 Å². The number of unbranched alkanes of at least 4 members (excludes halogenated alkanes) is 13. The van der Waals surface area contributed by atoms with E-state index in [2.05, 4.69) is 29.3 Å². The van der Waals surface area contributed by atoms with Crippen molar-refractivity contribution in [2.45, 2.75) is 104 Å². The number of hydrogen-bond acceptors (Lipinski definition) is 2. The Morgan fingerprint density at radius 1 is 0.619 bits per heavy atom. The number of hydrogen-bond donors (Lipinski definition) is 1. The average Bonchev–Trinajstić information content (AvgIpc) is 3.08. The first-order chi connectivity index (χ1) is 10.4. The molecule has 0 aliphatic carbocycles. The lowest BCUT2D eigenvalue weighted by Crippen LogP contribution is -1.82. The van der Waals surface area contributed by atoms with Crippen LogP contribution < -0.4 is 0 Å². The van der Waals surface area contributed by atoms with Gasteiger partial charge in [-0.05, 0) is 0 Å². The lowest BCUT2D eigenvalue weighted by Gasteiger charge is -2.02. The normalized spacial score (nSPS) is 10.2. The predicted octanol–water partition coefficient (Wildman–Crippen LogP) is 6.29. The summed E-state index contributed by atoms with van der Waals surface area (Å²) in [5, 5.41) is 9.26. The van der Waals surface area contributed by atoms with Crippen LogP contribution in [0.1, 0.15) is 104 Å². The van der Waals surface area contributed by atoms with Gasteiger partial charge in [-0.15, -0.1) is 5.10 Å². The maximum Gasteiger partial charge on any atom is 0.0690 e. The van der Waals surface area contributed by atoms with Gasteiger partial charge in [0.05, 0.1) is 6.20 Å². The summed E-state index contributed by atoms with van der Waals surface area (Å²) in [6.07, 6.45) is 23.7. The highest BCUT2D eigenvalue weighted by atomic mass is 15.3. The second-order valence-electron chi connectivity index (χ2n) is 5.90. The maximum absolute atomic E-state index is 3.42. The van der Waals surface area contributed by atoms with E-state index in [1.165, 1.54) is 89.9 Å². The Morgan fingerprint density at radius 2 is 1.00 bits per heavy atom. The fraction of sp³-hybridized carbons (Fsp3) is 0.889. The molecule has 1 N–H and O–H groups in total. The summed E-state index contributed by atoms with van der Waals surface area (Å²) in [6, 6.07) is 0. The molecule has 1 aromatic rings. The third-order valence-corrected chi connectivity index (χ3v) is 3.79. The van der Waals surface area contributed by atoms with Crippen molar-refractivity contribution >= 4 is 0 Å². The van der Waals surface area contributed by atoms with E-state index in [-0.39, 0.29) is 0 Å². The van der Waals surface area contributed by atoms with Crippen LogP contribution in [-0.2, 0) is 0 Å². The summed E-state index contributed by atoms with van der Waals surface area (Å²) < 4.78 is 0. The summed E-state index contributed by atoms with van der Waals surface area (Å²) in [7, 11) is 0. The van der Waals surface area contributed by atoms with E-state index in [0.717, 1.165) is 0 Å². The molecule has 0 saturated heterocycles. The van der Waals surface area contributed by atoms with Crippen LogP contribution >= 0.6 is 0 Å². The van der Waals surface area contributed by atoms with Gasteiger partial charge < -0.3 is 0 Å². The molecule has 1 heterocycles. The van der Waals surface area contributed by atoms with Crippen LogP contribution in [0, 0.1) is 0 Å². The first kappa shape index (κ1) is 20.1. The molecule has 0 unspecified atom stereocenters. The molecular formula is C18H37N3. The SMILES string of the molecule is CCCCCCCCCCCCCCCC.c1c[nH]nn1. The molecule has 124 valence electrons. The zero-order chi connectivity index (χ0) is 15.4. The molecule has 0 amide bonds. The minimum atomic E-state index is 1.37. The van der Waals surface area contributed by atoms with Gasteiger partial charge in [0.1, 0.15) is 0 Å². The largest absolute Gasteiger partial charge is 0.266 e. The molecule has 0 fully saturated rings. The Bertz CT molecular complexity index is 216. The number of aromatic nitrogens is 3. The number of aromatic amines is 1. The van der Waals surface area contributed by atoms with Crippen molar-refractivity contribution in [3.8, 4) is 0 Å². The van der Waals surface area contributed by atoms with E-state index >= 15 is 0 Å². The molecule has 0 radical (unpaired) electrons. The highest BCUT2D eigenvalue weighted by Gasteiger charge is 1.92. The number of H-pyrrole nitrogens is 1. The minimum Gasteiger partial charge on any atom is -0.266 e. The molecule has 1 aromatic heterocycles. The first-order valence-electron chi connectivity index (χ1n) is 9.22. The van der Waals surface area contributed by atoms with Gasteiger partial charge in [-0.25, -0.2) is 0 Å². The highest BCUT2D eigenvalue weighted by Crippen LogP contribution is 2.12. The summed E-state index contributed by atoms with van der Waals surface area (Å²) >= 11 is 0. The second-order valence-corrected chi connectivity index (χ2v) is 5.90. The van der Waals surface area contributed by atoms with Gasteiger partial charge in [0.15, 0.2) is 0 Å².